The average molecular weight is 338 g/mol. The zero-order chi connectivity index (χ0) is 17.8. The van der Waals surface area contributed by atoms with Crippen LogP contribution >= 0.6 is 0 Å². The first-order chi connectivity index (χ1) is 12.1. The lowest BCUT2D eigenvalue weighted by atomic mass is 10.1. The van der Waals surface area contributed by atoms with Gasteiger partial charge in [0.05, 0.1) is 13.5 Å². The van der Waals surface area contributed by atoms with E-state index in [1.807, 2.05) is 48.5 Å². The number of nitrogens with zero attached hydrogens (tertiary/aromatic N) is 1. The van der Waals surface area contributed by atoms with Gasteiger partial charge in [-0.15, -0.1) is 0 Å². The van der Waals surface area contributed by atoms with Crippen molar-refractivity contribution in [1.82, 2.24) is 5.32 Å². The zero-order valence-electron chi connectivity index (χ0n) is 14.5. The molecule has 0 aliphatic carbocycles. The minimum absolute atomic E-state index is 0.0759. The summed E-state index contributed by atoms with van der Waals surface area (Å²) < 4.78 is 5.11. The number of benzene rings is 2. The van der Waals surface area contributed by atoms with Crippen molar-refractivity contribution < 1.29 is 14.3 Å². The number of fused-ring (bicyclic) bond motifs is 1. The molecule has 0 aromatic heterocycles. The van der Waals surface area contributed by atoms with Gasteiger partial charge >= 0.3 is 0 Å². The molecule has 0 unspecified atom stereocenters. The predicted molar refractivity (Wildman–Crippen MR) is 96.8 cm³/mol. The summed E-state index contributed by atoms with van der Waals surface area (Å²) >= 11 is 0. The van der Waals surface area contributed by atoms with Crippen molar-refractivity contribution in [1.29, 1.82) is 0 Å². The molecule has 0 fully saturated rings. The first-order valence-corrected chi connectivity index (χ1v) is 8.40. The highest BCUT2D eigenvalue weighted by atomic mass is 16.5. The Balaban J connectivity index is 1.58. The Labute approximate surface area is 147 Å². The van der Waals surface area contributed by atoms with Crippen molar-refractivity contribution in [2.75, 3.05) is 18.6 Å². The number of nitrogens with one attached hydrogen (secondary N) is 1. The molecule has 2 amide bonds. The van der Waals surface area contributed by atoms with Crippen LogP contribution in [0.25, 0.3) is 0 Å². The summed E-state index contributed by atoms with van der Waals surface area (Å²) in [5.41, 5.74) is 3.00. The van der Waals surface area contributed by atoms with E-state index in [0.717, 1.165) is 23.4 Å². The Morgan fingerprint density at radius 1 is 1.16 bits per heavy atom. The topological polar surface area (TPSA) is 58.6 Å². The number of anilines is 1. The number of hydrogen-bond acceptors (Lipinski definition) is 3. The van der Waals surface area contributed by atoms with E-state index < -0.39 is 6.04 Å². The van der Waals surface area contributed by atoms with E-state index in [0.29, 0.717) is 6.54 Å². The molecule has 0 spiro atoms. The number of carbonyl (C=O) groups excluding carboxylic acids is 2. The minimum atomic E-state index is -0.558. The Morgan fingerprint density at radius 2 is 1.88 bits per heavy atom. The molecule has 25 heavy (non-hydrogen) atoms. The summed E-state index contributed by atoms with van der Waals surface area (Å²) in [6.07, 6.45) is 1.09. The third-order valence-corrected chi connectivity index (χ3v) is 4.42. The van der Waals surface area contributed by atoms with Crippen molar-refractivity contribution in [2.45, 2.75) is 25.8 Å². The van der Waals surface area contributed by atoms with Crippen LogP contribution in [0.1, 0.15) is 18.1 Å². The number of carbonyl (C=O) groups is 2. The van der Waals surface area contributed by atoms with E-state index in [1.165, 1.54) is 5.56 Å². The Bertz CT molecular complexity index is 771. The van der Waals surface area contributed by atoms with Gasteiger partial charge in [0, 0.05) is 12.2 Å². The third kappa shape index (κ3) is 3.82. The zero-order valence-corrected chi connectivity index (χ0v) is 14.5. The van der Waals surface area contributed by atoms with E-state index in [1.54, 1.807) is 18.9 Å². The first-order valence-electron chi connectivity index (χ1n) is 8.40. The second kappa shape index (κ2) is 7.38. The van der Waals surface area contributed by atoms with Crippen LogP contribution in [0.3, 0.4) is 0 Å². The van der Waals surface area contributed by atoms with Gasteiger partial charge in [0.25, 0.3) is 0 Å². The monoisotopic (exact) mass is 338 g/mol. The van der Waals surface area contributed by atoms with Gasteiger partial charge in [0.2, 0.25) is 11.8 Å². The maximum atomic E-state index is 12.7. The highest BCUT2D eigenvalue weighted by molar-refractivity contribution is 6.00. The van der Waals surface area contributed by atoms with Gasteiger partial charge in [0.15, 0.2) is 0 Å². The van der Waals surface area contributed by atoms with Crippen LogP contribution in [-0.4, -0.2) is 31.5 Å². The standard InChI is InChI=1S/C20H22N2O3/c1-14(20(24)22-12-11-16-5-3-4-6-18(16)22)21-19(23)13-15-7-9-17(25-2)10-8-15/h3-10,14H,11-13H2,1-2H3,(H,21,23)/t14-/m0/s1. The molecule has 0 bridgehead atoms. The number of methoxy groups -OCH3 is 1. The molecule has 5 nitrogen and oxygen atoms in total. The van der Waals surface area contributed by atoms with E-state index in [9.17, 15) is 9.59 Å². The summed E-state index contributed by atoms with van der Waals surface area (Å²) in [5, 5.41) is 2.80. The average Bonchev–Trinajstić information content (AvgIpc) is 3.05. The van der Waals surface area contributed by atoms with Gasteiger partial charge in [-0.1, -0.05) is 30.3 Å². The molecule has 1 heterocycles. The fourth-order valence-electron chi connectivity index (χ4n) is 3.08. The lowest BCUT2D eigenvalue weighted by molar-refractivity contribution is -0.126. The number of ether oxygens (including phenoxy) is 1. The molecule has 1 atom stereocenters. The highest BCUT2D eigenvalue weighted by Gasteiger charge is 2.28. The lowest BCUT2D eigenvalue weighted by Gasteiger charge is -2.22. The number of para-hydroxylation sites is 1. The summed E-state index contributed by atoms with van der Waals surface area (Å²) in [7, 11) is 1.60. The van der Waals surface area contributed by atoms with Gasteiger partial charge in [-0.05, 0) is 42.7 Å². The molecule has 1 aliphatic heterocycles. The van der Waals surface area contributed by atoms with Gasteiger partial charge in [-0.2, -0.15) is 0 Å². The van der Waals surface area contributed by atoms with Crippen molar-refractivity contribution in [3.05, 3.63) is 59.7 Å². The van der Waals surface area contributed by atoms with E-state index >= 15 is 0 Å². The van der Waals surface area contributed by atoms with Crippen LogP contribution in [0.15, 0.2) is 48.5 Å². The fraction of sp³-hybridized carbons (Fsp3) is 0.300. The second-order valence-electron chi connectivity index (χ2n) is 6.18. The SMILES string of the molecule is COc1ccc(CC(=O)N[C@@H](C)C(=O)N2CCc3ccccc32)cc1. The van der Waals surface area contributed by atoms with Gasteiger partial charge in [0.1, 0.15) is 11.8 Å². The molecule has 0 radical (unpaired) electrons. The largest absolute Gasteiger partial charge is 0.497 e. The minimum Gasteiger partial charge on any atom is -0.497 e. The van der Waals surface area contributed by atoms with Gasteiger partial charge in [-0.25, -0.2) is 0 Å². The third-order valence-electron chi connectivity index (χ3n) is 4.42. The van der Waals surface area contributed by atoms with Crippen molar-refractivity contribution in [3.63, 3.8) is 0 Å². The second-order valence-corrected chi connectivity index (χ2v) is 6.18. The highest BCUT2D eigenvalue weighted by Crippen LogP contribution is 2.27. The van der Waals surface area contributed by atoms with E-state index in [4.69, 9.17) is 4.74 Å². The van der Waals surface area contributed by atoms with Crippen molar-refractivity contribution >= 4 is 17.5 Å². The Morgan fingerprint density at radius 3 is 2.60 bits per heavy atom. The summed E-state index contributed by atoms with van der Waals surface area (Å²) in [5.74, 6) is 0.506. The molecule has 0 saturated carbocycles. The lowest BCUT2D eigenvalue weighted by Crippen LogP contribution is -2.47. The Hall–Kier alpha value is -2.82. The maximum absolute atomic E-state index is 12.7. The Kier molecular flexibility index (Phi) is 5.03. The molecule has 3 rings (SSSR count). The van der Waals surface area contributed by atoms with Crippen LogP contribution in [-0.2, 0) is 22.4 Å². The molecule has 2 aromatic rings. The van der Waals surface area contributed by atoms with Crippen molar-refractivity contribution in [2.24, 2.45) is 0 Å². The molecule has 1 N–H and O–H groups in total. The molecule has 2 aromatic carbocycles. The van der Waals surface area contributed by atoms with Gasteiger partial charge < -0.3 is 15.0 Å². The van der Waals surface area contributed by atoms with E-state index in [2.05, 4.69) is 5.32 Å². The first kappa shape index (κ1) is 17.0. The summed E-state index contributed by atoms with van der Waals surface area (Å²) in [6.45, 7) is 2.39. The van der Waals surface area contributed by atoms with Crippen LogP contribution in [0, 0.1) is 0 Å². The predicted octanol–water partition coefficient (Wildman–Crippen LogP) is 2.33. The normalized spacial score (nSPS) is 13.9. The summed E-state index contributed by atoms with van der Waals surface area (Å²) in [4.78, 5) is 26.7. The molecule has 0 saturated heterocycles. The maximum Gasteiger partial charge on any atom is 0.249 e. The smallest absolute Gasteiger partial charge is 0.249 e. The quantitative estimate of drug-likeness (QED) is 0.910. The number of amides is 2. The molecule has 1 aliphatic rings. The van der Waals surface area contributed by atoms with Crippen LogP contribution in [0.4, 0.5) is 5.69 Å². The van der Waals surface area contributed by atoms with Crippen LogP contribution in [0.5, 0.6) is 5.75 Å². The van der Waals surface area contributed by atoms with Crippen LogP contribution < -0.4 is 15.0 Å². The fourth-order valence-corrected chi connectivity index (χ4v) is 3.08. The van der Waals surface area contributed by atoms with E-state index in [-0.39, 0.29) is 18.2 Å². The molecule has 5 heteroatoms. The molecular formula is C20H22N2O3. The van der Waals surface area contributed by atoms with Crippen molar-refractivity contribution in [3.8, 4) is 5.75 Å². The number of hydrogen-bond donors (Lipinski definition) is 1. The number of rotatable bonds is 5. The summed E-state index contributed by atoms with van der Waals surface area (Å²) in [6, 6.07) is 14.7. The van der Waals surface area contributed by atoms with Crippen LogP contribution in [0.2, 0.25) is 0 Å². The van der Waals surface area contributed by atoms with Gasteiger partial charge in [-0.3, -0.25) is 9.59 Å². The molecule has 130 valence electrons. The molecular weight excluding hydrogens is 316 g/mol.